The van der Waals surface area contributed by atoms with Crippen LogP contribution in [0, 0.1) is 12.3 Å². The Morgan fingerprint density at radius 1 is 1.19 bits per heavy atom. The zero-order chi connectivity index (χ0) is 15.2. The van der Waals surface area contributed by atoms with E-state index in [9.17, 15) is 9.59 Å². The van der Waals surface area contributed by atoms with Crippen LogP contribution in [0.3, 0.4) is 0 Å². The molecule has 4 heteroatoms. The van der Waals surface area contributed by atoms with Crippen LogP contribution in [0.2, 0.25) is 0 Å². The van der Waals surface area contributed by atoms with Crippen LogP contribution in [0.1, 0.15) is 12.0 Å². The first-order valence-corrected chi connectivity index (χ1v) is 6.53. The Hall–Kier alpha value is -2.80. The molecule has 2 aromatic carbocycles. The van der Waals surface area contributed by atoms with Crippen molar-refractivity contribution in [2.75, 3.05) is 0 Å². The zero-order valence-corrected chi connectivity index (χ0v) is 11.4. The number of hydrogen-bond acceptors (Lipinski definition) is 2. The van der Waals surface area contributed by atoms with E-state index in [2.05, 4.69) is 11.2 Å². The lowest BCUT2D eigenvalue weighted by molar-refractivity contribution is -0.141. The predicted molar refractivity (Wildman–Crippen MR) is 80.7 cm³/mol. The number of nitrogens with one attached hydrogen (secondary N) is 1. The van der Waals surface area contributed by atoms with E-state index in [-0.39, 0.29) is 18.7 Å². The molecule has 1 atom stereocenters. The number of carbonyl (C=O) groups excluding carboxylic acids is 1. The fourth-order valence-electron chi connectivity index (χ4n) is 2.10. The first-order chi connectivity index (χ1) is 10.1. The molecule has 1 amide bonds. The Morgan fingerprint density at radius 3 is 2.57 bits per heavy atom. The van der Waals surface area contributed by atoms with Crippen molar-refractivity contribution >= 4 is 22.6 Å². The van der Waals surface area contributed by atoms with Crippen LogP contribution in [0.25, 0.3) is 10.8 Å². The number of hydrogen-bond donors (Lipinski definition) is 2. The largest absolute Gasteiger partial charge is 0.480 e. The Labute approximate surface area is 122 Å². The first-order valence-electron chi connectivity index (χ1n) is 6.53. The molecule has 0 saturated carbocycles. The second-order valence-electron chi connectivity index (χ2n) is 4.72. The highest BCUT2D eigenvalue weighted by Crippen LogP contribution is 2.15. The first kappa shape index (κ1) is 14.6. The van der Waals surface area contributed by atoms with E-state index in [1.54, 1.807) is 0 Å². The molecule has 0 spiro atoms. The van der Waals surface area contributed by atoms with Crippen LogP contribution in [0.4, 0.5) is 0 Å². The van der Waals surface area contributed by atoms with E-state index in [1.165, 1.54) is 0 Å². The minimum Gasteiger partial charge on any atom is -0.480 e. The van der Waals surface area contributed by atoms with Crippen molar-refractivity contribution in [1.82, 2.24) is 5.32 Å². The summed E-state index contributed by atoms with van der Waals surface area (Å²) in [5.74, 6) is 0.768. The molecule has 0 aliphatic rings. The summed E-state index contributed by atoms with van der Waals surface area (Å²) in [6, 6.07) is 12.5. The molecule has 0 aliphatic heterocycles. The van der Waals surface area contributed by atoms with Crippen molar-refractivity contribution in [3.63, 3.8) is 0 Å². The maximum Gasteiger partial charge on any atom is 0.327 e. The van der Waals surface area contributed by atoms with Gasteiger partial charge in [-0.05, 0) is 16.3 Å². The summed E-state index contributed by atoms with van der Waals surface area (Å²) >= 11 is 0. The summed E-state index contributed by atoms with van der Waals surface area (Å²) < 4.78 is 0. The van der Waals surface area contributed by atoms with E-state index in [4.69, 9.17) is 11.5 Å². The summed E-state index contributed by atoms with van der Waals surface area (Å²) in [5.41, 5.74) is 0.830. The molecule has 0 aliphatic carbocycles. The molecule has 2 N–H and O–H groups in total. The lowest BCUT2D eigenvalue weighted by atomic mass is 10.0. The molecule has 0 fully saturated rings. The van der Waals surface area contributed by atoms with Gasteiger partial charge < -0.3 is 10.4 Å². The standard InChI is InChI=1S/C17H15NO3/c1-2-5-15(17(20)21)18-16(19)11-12-8-9-13-6-3-4-7-14(13)10-12/h1,3-4,6-10,15H,5,11H2,(H,18,19)(H,20,21)/t15-/m0/s1. The number of amides is 1. The van der Waals surface area contributed by atoms with E-state index in [0.717, 1.165) is 16.3 Å². The second kappa shape index (κ2) is 6.58. The van der Waals surface area contributed by atoms with Gasteiger partial charge in [-0.25, -0.2) is 4.79 Å². The van der Waals surface area contributed by atoms with Gasteiger partial charge in [0.2, 0.25) is 5.91 Å². The fraction of sp³-hybridized carbons (Fsp3) is 0.176. The topological polar surface area (TPSA) is 66.4 Å². The molecule has 0 radical (unpaired) electrons. The lowest BCUT2D eigenvalue weighted by Crippen LogP contribution is -2.41. The number of fused-ring (bicyclic) bond motifs is 1. The van der Waals surface area contributed by atoms with Crippen molar-refractivity contribution in [3.8, 4) is 12.3 Å². The third-order valence-corrected chi connectivity index (χ3v) is 3.13. The average molecular weight is 281 g/mol. The van der Waals surface area contributed by atoms with Gasteiger partial charge in [0.1, 0.15) is 6.04 Å². The molecule has 2 aromatic rings. The Kier molecular flexibility index (Phi) is 4.57. The summed E-state index contributed by atoms with van der Waals surface area (Å²) in [5, 5.41) is 13.5. The molecule has 106 valence electrons. The predicted octanol–water partition coefficient (Wildman–Crippen LogP) is 1.97. The number of carbonyl (C=O) groups is 2. The molecular weight excluding hydrogens is 266 g/mol. The monoisotopic (exact) mass is 281 g/mol. The highest BCUT2D eigenvalue weighted by Gasteiger charge is 2.18. The normalized spacial score (nSPS) is 11.6. The number of aliphatic carboxylic acids is 1. The van der Waals surface area contributed by atoms with Gasteiger partial charge in [0, 0.05) is 6.42 Å². The van der Waals surface area contributed by atoms with Gasteiger partial charge in [-0.3, -0.25) is 4.79 Å². The average Bonchev–Trinajstić information content (AvgIpc) is 2.46. The summed E-state index contributed by atoms with van der Waals surface area (Å²) in [7, 11) is 0. The molecule has 0 aromatic heterocycles. The van der Waals surface area contributed by atoms with E-state index in [0.29, 0.717) is 0 Å². The van der Waals surface area contributed by atoms with Gasteiger partial charge in [0.05, 0.1) is 6.42 Å². The van der Waals surface area contributed by atoms with Gasteiger partial charge >= 0.3 is 5.97 Å². The van der Waals surface area contributed by atoms with E-state index < -0.39 is 12.0 Å². The van der Waals surface area contributed by atoms with Crippen LogP contribution >= 0.6 is 0 Å². The smallest absolute Gasteiger partial charge is 0.327 e. The molecule has 0 heterocycles. The number of carboxylic acid groups (broad SMARTS) is 1. The fourth-order valence-corrected chi connectivity index (χ4v) is 2.10. The van der Waals surface area contributed by atoms with Crippen molar-refractivity contribution < 1.29 is 14.7 Å². The highest BCUT2D eigenvalue weighted by atomic mass is 16.4. The number of terminal acetylenes is 1. The number of benzene rings is 2. The van der Waals surface area contributed by atoms with Crippen LogP contribution in [-0.4, -0.2) is 23.0 Å². The molecule has 0 saturated heterocycles. The van der Waals surface area contributed by atoms with Crippen LogP contribution in [0.15, 0.2) is 42.5 Å². The highest BCUT2D eigenvalue weighted by molar-refractivity contribution is 5.87. The Bertz CT molecular complexity index is 715. The zero-order valence-electron chi connectivity index (χ0n) is 11.4. The molecule has 0 unspecified atom stereocenters. The van der Waals surface area contributed by atoms with Crippen molar-refractivity contribution in [3.05, 3.63) is 48.0 Å². The minimum absolute atomic E-state index is 0.0290. The Balaban J connectivity index is 2.07. The summed E-state index contributed by atoms with van der Waals surface area (Å²) in [4.78, 5) is 22.8. The van der Waals surface area contributed by atoms with Gasteiger partial charge in [-0.15, -0.1) is 12.3 Å². The minimum atomic E-state index is -1.13. The molecule has 0 bridgehead atoms. The van der Waals surface area contributed by atoms with Crippen LogP contribution in [0.5, 0.6) is 0 Å². The number of rotatable bonds is 5. The molecular formula is C17H15NO3. The van der Waals surface area contributed by atoms with E-state index in [1.807, 2.05) is 42.5 Å². The third-order valence-electron chi connectivity index (χ3n) is 3.13. The molecule has 2 rings (SSSR count). The lowest BCUT2D eigenvalue weighted by Gasteiger charge is -2.12. The summed E-state index contributed by atoms with van der Waals surface area (Å²) in [6.07, 6.45) is 5.19. The number of carboxylic acids is 1. The van der Waals surface area contributed by atoms with Gasteiger partial charge in [0.25, 0.3) is 0 Å². The van der Waals surface area contributed by atoms with Crippen LogP contribution in [-0.2, 0) is 16.0 Å². The summed E-state index contributed by atoms with van der Waals surface area (Å²) in [6.45, 7) is 0. The van der Waals surface area contributed by atoms with Crippen LogP contribution < -0.4 is 5.32 Å². The second-order valence-corrected chi connectivity index (χ2v) is 4.72. The van der Waals surface area contributed by atoms with Crippen molar-refractivity contribution in [2.45, 2.75) is 18.9 Å². The molecule has 4 nitrogen and oxygen atoms in total. The quantitative estimate of drug-likeness (QED) is 0.823. The maximum absolute atomic E-state index is 11.9. The third kappa shape index (κ3) is 3.83. The SMILES string of the molecule is C#CC[C@H](NC(=O)Cc1ccc2ccccc2c1)C(=O)O. The van der Waals surface area contributed by atoms with Crippen molar-refractivity contribution in [1.29, 1.82) is 0 Å². The van der Waals surface area contributed by atoms with E-state index >= 15 is 0 Å². The van der Waals surface area contributed by atoms with Gasteiger partial charge in [-0.1, -0.05) is 42.5 Å². The Morgan fingerprint density at radius 2 is 1.90 bits per heavy atom. The van der Waals surface area contributed by atoms with Gasteiger partial charge in [0.15, 0.2) is 0 Å². The van der Waals surface area contributed by atoms with Crippen molar-refractivity contribution in [2.24, 2.45) is 0 Å². The maximum atomic E-state index is 11.9. The van der Waals surface area contributed by atoms with Gasteiger partial charge in [-0.2, -0.15) is 0 Å². The molecule has 21 heavy (non-hydrogen) atoms.